The summed E-state index contributed by atoms with van der Waals surface area (Å²) in [6.07, 6.45) is 1.38. The van der Waals surface area contributed by atoms with Gasteiger partial charge in [0.2, 0.25) is 6.29 Å². The van der Waals surface area contributed by atoms with Crippen LogP contribution in [0.25, 0.3) is 0 Å². The molecule has 0 N–H and O–H groups in total. The third kappa shape index (κ3) is 2.57. The Morgan fingerprint density at radius 2 is 2.07 bits per heavy atom. The molecule has 0 aromatic heterocycles. The van der Waals surface area contributed by atoms with Gasteiger partial charge in [-0.15, -0.1) is 0 Å². The molecular weight excluding hydrogens is 192 g/mol. The monoisotopic (exact) mass is 206 g/mol. The van der Waals surface area contributed by atoms with Gasteiger partial charge in [-0.1, -0.05) is 30.3 Å². The molecule has 1 aromatic rings. The van der Waals surface area contributed by atoms with Gasteiger partial charge in [0.05, 0.1) is 6.10 Å². The molecule has 0 saturated carbocycles. The molecule has 1 aromatic carbocycles. The zero-order valence-corrected chi connectivity index (χ0v) is 8.68. The minimum atomic E-state index is -0.368. The molecule has 1 aliphatic rings. The largest absolute Gasteiger partial charge is 0.436 e. The van der Waals surface area contributed by atoms with Crippen LogP contribution in [-0.2, 0) is 14.3 Å². The van der Waals surface area contributed by atoms with E-state index < -0.39 is 0 Å². The third-order valence-corrected chi connectivity index (χ3v) is 2.45. The first kappa shape index (κ1) is 10.2. The number of ether oxygens (including phenoxy) is 2. The second-order valence-electron chi connectivity index (χ2n) is 3.65. The number of carbonyl (C=O) groups is 1. The molecule has 0 radical (unpaired) electrons. The number of benzene rings is 1. The van der Waals surface area contributed by atoms with Crippen molar-refractivity contribution in [2.24, 2.45) is 0 Å². The molecule has 15 heavy (non-hydrogen) atoms. The zero-order valence-electron chi connectivity index (χ0n) is 8.68. The number of hydrogen-bond acceptors (Lipinski definition) is 3. The highest BCUT2D eigenvalue weighted by Crippen LogP contribution is 2.32. The van der Waals surface area contributed by atoms with Crippen molar-refractivity contribution in [2.45, 2.75) is 32.2 Å². The Balaban J connectivity index is 1.96. The summed E-state index contributed by atoms with van der Waals surface area (Å²) in [5.41, 5.74) is 1.15. The van der Waals surface area contributed by atoms with Crippen LogP contribution in [0.15, 0.2) is 30.3 Å². The Kier molecular flexibility index (Phi) is 3.02. The van der Waals surface area contributed by atoms with Crippen molar-refractivity contribution < 1.29 is 14.3 Å². The molecule has 2 rings (SSSR count). The molecule has 80 valence electrons. The summed E-state index contributed by atoms with van der Waals surface area (Å²) in [6.45, 7) is 1.40. The van der Waals surface area contributed by atoms with E-state index in [9.17, 15) is 4.79 Å². The first-order valence-corrected chi connectivity index (χ1v) is 5.13. The van der Waals surface area contributed by atoms with Crippen molar-refractivity contribution in [3.05, 3.63) is 35.9 Å². The fourth-order valence-electron chi connectivity index (χ4n) is 1.79. The van der Waals surface area contributed by atoms with Crippen LogP contribution in [0.4, 0.5) is 0 Å². The van der Waals surface area contributed by atoms with Crippen LogP contribution in [0.5, 0.6) is 0 Å². The predicted molar refractivity (Wildman–Crippen MR) is 55.1 cm³/mol. The van der Waals surface area contributed by atoms with E-state index in [0.717, 1.165) is 18.4 Å². The maximum atomic E-state index is 10.7. The van der Waals surface area contributed by atoms with Crippen LogP contribution in [-0.4, -0.2) is 12.3 Å². The highest BCUT2D eigenvalue weighted by atomic mass is 16.7. The van der Waals surface area contributed by atoms with Crippen molar-refractivity contribution in [2.75, 3.05) is 0 Å². The number of esters is 1. The molecule has 0 bridgehead atoms. The fourth-order valence-corrected chi connectivity index (χ4v) is 1.79. The van der Waals surface area contributed by atoms with Gasteiger partial charge in [-0.3, -0.25) is 4.79 Å². The van der Waals surface area contributed by atoms with Crippen molar-refractivity contribution in [1.82, 2.24) is 0 Å². The molecule has 2 atom stereocenters. The van der Waals surface area contributed by atoms with Crippen LogP contribution in [0.1, 0.15) is 31.4 Å². The Hall–Kier alpha value is -1.35. The van der Waals surface area contributed by atoms with Gasteiger partial charge in [-0.2, -0.15) is 0 Å². The van der Waals surface area contributed by atoms with Crippen LogP contribution < -0.4 is 0 Å². The van der Waals surface area contributed by atoms with Gasteiger partial charge in [-0.25, -0.2) is 0 Å². The van der Waals surface area contributed by atoms with E-state index in [4.69, 9.17) is 9.47 Å². The maximum absolute atomic E-state index is 10.7. The topological polar surface area (TPSA) is 35.5 Å². The predicted octanol–water partition coefficient (Wildman–Crippen LogP) is 2.43. The van der Waals surface area contributed by atoms with Crippen molar-refractivity contribution in [3.63, 3.8) is 0 Å². The second-order valence-corrected chi connectivity index (χ2v) is 3.65. The lowest BCUT2D eigenvalue weighted by molar-refractivity contribution is -0.173. The SMILES string of the molecule is CC(=O)OC1CCC(c2ccccc2)O1. The highest BCUT2D eigenvalue weighted by Gasteiger charge is 2.28. The molecule has 2 unspecified atom stereocenters. The summed E-state index contributed by atoms with van der Waals surface area (Å²) >= 11 is 0. The zero-order chi connectivity index (χ0) is 10.7. The van der Waals surface area contributed by atoms with Gasteiger partial charge in [-0.05, 0) is 12.0 Å². The fraction of sp³-hybridized carbons (Fsp3) is 0.417. The normalized spacial score (nSPS) is 25.1. The quantitative estimate of drug-likeness (QED) is 0.697. The standard InChI is InChI=1S/C12H14O3/c1-9(13)14-12-8-7-11(15-12)10-5-3-2-4-6-10/h2-6,11-12H,7-8H2,1H3. The van der Waals surface area contributed by atoms with Crippen molar-refractivity contribution in [1.29, 1.82) is 0 Å². The van der Waals surface area contributed by atoms with Gasteiger partial charge < -0.3 is 9.47 Å². The number of hydrogen-bond donors (Lipinski definition) is 0. The summed E-state index contributed by atoms with van der Waals surface area (Å²) in [4.78, 5) is 10.7. The van der Waals surface area contributed by atoms with Crippen molar-refractivity contribution >= 4 is 5.97 Å². The molecule has 3 heteroatoms. The van der Waals surface area contributed by atoms with Gasteiger partial charge in [0.1, 0.15) is 0 Å². The van der Waals surface area contributed by atoms with Crippen LogP contribution >= 0.6 is 0 Å². The maximum Gasteiger partial charge on any atom is 0.304 e. The summed E-state index contributed by atoms with van der Waals surface area (Å²) in [5, 5.41) is 0. The van der Waals surface area contributed by atoms with E-state index in [0.29, 0.717) is 0 Å². The Labute approximate surface area is 89.0 Å². The first-order chi connectivity index (χ1) is 7.25. The van der Waals surface area contributed by atoms with Gasteiger partial charge >= 0.3 is 5.97 Å². The van der Waals surface area contributed by atoms with E-state index >= 15 is 0 Å². The molecule has 0 spiro atoms. The minimum Gasteiger partial charge on any atom is -0.436 e. The molecule has 3 nitrogen and oxygen atoms in total. The van der Waals surface area contributed by atoms with Crippen LogP contribution in [0.3, 0.4) is 0 Å². The van der Waals surface area contributed by atoms with Crippen molar-refractivity contribution in [3.8, 4) is 0 Å². The lowest BCUT2D eigenvalue weighted by Gasteiger charge is -2.13. The summed E-state index contributed by atoms with van der Waals surface area (Å²) in [5.74, 6) is -0.284. The first-order valence-electron chi connectivity index (χ1n) is 5.13. The van der Waals surface area contributed by atoms with E-state index in [2.05, 4.69) is 0 Å². The van der Waals surface area contributed by atoms with Gasteiger partial charge in [0, 0.05) is 13.3 Å². The number of carbonyl (C=O) groups excluding carboxylic acids is 1. The minimum absolute atomic E-state index is 0.0653. The molecule has 0 aliphatic carbocycles. The average Bonchev–Trinajstić information content (AvgIpc) is 2.67. The van der Waals surface area contributed by atoms with Gasteiger partial charge in [0.25, 0.3) is 0 Å². The van der Waals surface area contributed by atoms with Gasteiger partial charge in [0.15, 0.2) is 0 Å². The molecule has 1 heterocycles. The molecule has 1 fully saturated rings. The lowest BCUT2D eigenvalue weighted by Crippen LogP contribution is -2.14. The lowest BCUT2D eigenvalue weighted by atomic mass is 10.1. The van der Waals surface area contributed by atoms with E-state index in [-0.39, 0.29) is 18.4 Å². The molecule has 1 saturated heterocycles. The second kappa shape index (κ2) is 4.45. The Morgan fingerprint density at radius 3 is 2.73 bits per heavy atom. The molecular formula is C12H14O3. The Morgan fingerprint density at radius 1 is 1.33 bits per heavy atom. The smallest absolute Gasteiger partial charge is 0.304 e. The molecule has 1 aliphatic heterocycles. The molecule has 0 amide bonds. The van der Waals surface area contributed by atoms with E-state index in [1.54, 1.807) is 0 Å². The summed E-state index contributed by atoms with van der Waals surface area (Å²) in [7, 11) is 0. The van der Waals surface area contributed by atoms with E-state index in [1.807, 2.05) is 30.3 Å². The Bertz CT molecular complexity index is 334. The average molecular weight is 206 g/mol. The van der Waals surface area contributed by atoms with Crippen LogP contribution in [0.2, 0.25) is 0 Å². The summed E-state index contributed by atoms with van der Waals surface area (Å²) in [6, 6.07) is 10.00. The van der Waals surface area contributed by atoms with E-state index in [1.165, 1.54) is 6.92 Å². The van der Waals surface area contributed by atoms with Crippen LogP contribution in [0, 0.1) is 0 Å². The summed E-state index contributed by atoms with van der Waals surface area (Å²) < 4.78 is 10.6. The highest BCUT2D eigenvalue weighted by molar-refractivity contribution is 5.66. The third-order valence-electron chi connectivity index (χ3n) is 2.45. The number of rotatable bonds is 2.